The number of alkyl carbamates (subject to hydrolysis) is 1. The molecule has 1 aromatic rings. The molecule has 4 nitrogen and oxygen atoms in total. The zero-order valence-corrected chi connectivity index (χ0v) is 12.6. The van der Waals surface area contributed by atoms with Crippen molar-refractivity contribution < 1.29 is 14.6 Å². The van der Waals surface area contributed by atoms with Crippen LogP contribution < -0.4 is 5.32 Å². The van der Waals surface area contributed by atoms with Crippen LogP contribution in [0.4, 0.5) is 4.79 Å². The number of benzene rings is 1. The molecular weight excluding hydrogens is 266 g/mol. The third-order valence-electron chi connectivity index (χ3n) is 4.20. The molecule has 1 fully saturated rings. The van der Waals surface area contributed by atoms with Crippen molar-refractivity contribution in [2.75, 3.05) is 0 Å². The molecule has 4 heteroatoms. The highest BCUT2D eigenvalue weighted by Crippen LogP contribution is 2.27. The summed E-state index contributed by atoms with van der Waals surface area (Å²) in [4.78, 5) is 11.8. The maximum Gasteiger partial charge on any atom is 0.407 e. The van der Waals surface area contributed by atoms with Gasteiger partial charge >= 0.3 is 6.09 Å². The van der Waals surface area contributed by atoms with Crippen molar-refractivity contribution in [2.24, 2.45) is 5.92 Å². The van der Waals surface area contributed by atoms with Gasteiger partial charge in [-0.25, -0.2) is 4.79 Å². The number of ether oxygens (including phenoxy) is 1. The minimum Gasteiger partial charge on any atom is -0.445 e. The number of hydrogen-bond donors (Lipinski definition) is 2. The van der Waals surface area contributed by atoms with Gasteiger partial charge in [-0.2, -0.15) is 0 Å². The molecule has 0 spiro atoms. The molecule has 0 aliphatic heterocycles. The number of nitrogens with one attached hydrogen (secondary N) is 1. The van der Waals surface area contributed by atoms with E-state index in [1.54, 1.807) is 0 Å². The van der Waals surface area contributed by atoms with Crippen LogP contribution in [-0.2, 0) is 11.3 Å². The van der Waals surface area contributed by atoms with Crippen LogP contribution in [0.15, 0.2) is 30.3 Å². The van der Waals surface area contributed by atoms with Gasteiger partial charge in [-0.3, -0.25) is 0 Å². The van der Waals surface area contributed by atoms with E-state index in [-0.39, 0.29) is 12.6 Å². The molecule has 1 aliphatic carbocycles. The molecule has 1 aliphatic rings. The van der Waals surface area contributed by atoms with Gasteiger partial charge in [-0.15, -0.1) is 0 Å². The fourth-order valence-corrected chi connectivity index (χ4v) is 2.92. The van der Waals surface area contributed by atoms with E-state index in [0.717, 1.165) is 18.4 Å². The van der Waals surface area contributed by atoms with Crippen molar-refractivity contribution in [3.63, 3.8) is 0 Å². The number of carbonyl (C=O) groups is 1. The largest absolute Gasteiger partial charge is 0.445 e. The first kappa shape index (κ1) is 15.8. The lowest BCUT2D eigenvalue weighted by Crippen LogP contribution is -2.45. The Kier molecular flexibility index (Phi) is 6.05. The Balaban J connectivity index is 1.73. The fourth-order valence-electron chi connectivity index (χ4n) is 2.92. The Morgan fingerprint density at radius 2 is 1.95 bits per heavy atom. The van der Waals surface area contributed by atoms with E-state index in [4.69, 9.17) is 4.74 Å². The van der Waals surface area contributed by atoms with E-state index in [1.807, 2.05) is 37.3 Å². The maximum atomic E-state index is 11.8. The minimum absolute atomic E-state index is 0.249. The first-order valence-corrected chi connectivity index (χ1v) is 7.82. The van der Waals surface area contributed by atoms with Crippen LogP contribution in [0, 0.1) is 5.92 Å². The van der Waals surface area contributed by atoms with Crippen molar-refractivity contribution in [1.29, 1.82) is 0 Å². The van der Waals surface area contributed by atoms with Gasteiger partial charge in [0.25, 0.3) is 0 Å². The molecule has 0 radical (unpaired) electrons. The molecule has 0 heterocycles. The first-order valence-electron chi connectivity index (χ1n) is 7.82. The topological polar surface area (TPSA) is 58.6 Å². The molecule has 2 N–H and O–H groups in total. The van der Waals surface area contributed by atoms with Crippen molar-refractivity contribution in [3.05, 3.63) is 35.9 Å². The second-order valence-corrected chi connectivity index (χ2v) is 5.88. The monoisotopic (exact) mass is 291 g/mol. The van der Waals surface area contributed by atoms with E-state index < -0.39 is 12.2 Å². The predicted molar refractivity (Wildman–Crippen MR) is 81.8 cm³/mol. The predicted octanol–water partition coefficient (Wildman–Crippen LogP) is 3.24. The summed E-state index contributed by atoms with van der Waals surface area (Å²) in [6, 6.07) is 9.28. The lowest BCUT2D eigenvalue weighted by Gasteiger charge is -2.30. The van der Waals surface area contributed by atoms with Crippen molar-refractivity contribution in [2.45, 2.75) is 57.8 Å². The maximum absolute atomic E-state index is 11.8. The zero-order chi connectivity index (χ0) is 15.1. The van der Waals surface area contributed by atoms with Crippen LogP contribution in [0.1, 0.15) is 44.6 Å². The molecule has 2 atom stereocenters. The second kappa shape index (κ2) is 8.03. The Morgan fingerprint density at radius 1 is 1.29 bits per heavy atom. The molecular formula is C17H25NO3. The lowest BCUT2D eigenvalue weighted by molar-refractivity contribution is 0.0511. The van der Waals surface area contributed by atoms with Gasteiger partial charge in [0.2, 0.25) is 0 Å². The molecule has 21 heavy (non-hydrogen) atoms. The normalized spacial score (nSPS) is 18.8. The number of carbonyl (C=O) groups excluding carboxylic acids is 1. The van der Waals surface area contributed by atoms with Gasteiger partial charge in [-0.1, -0.05) is 49.6 Å². The van der Waals surface area contributed by atoms with E-state index in [2.05, 4.69) is 5.32 Å². The summed E-state index contributed by atoms with van der Waals surface area (Å²) < 4.78 is 5.18. The van der Waals surface area contributed by atoms with Crippen LogP contribution in [0.2, 0.25) is 0 Å². The lowest BCUT2D eigenvalue weighted by atomic mass is 9.83. The average Bonchev–Trinajstić information content (AvgIpc) is 2.54. The highest BCUT2D eigenvalue weighted by molar-refractivity contribution is 5.67. The Hall–Kier alpha value is -1.55. The van der Waals surface area contributed by atoms with Crippen molar-refractivity contribution in [1.82, 2.24) is 5.32 Å². The Bertz CT molecular complexity index is 429. The number of amides is 1. The molecule has 1 amide bonds. The fraction of sp³-hybridized carbons (Fsp3) is 0.588. The molecule has 2 unspecified atom stereocenters. The number of hydrogen-bond acceptors (Lipinski definition) is 3. The van der Waals surface area contributed by atoms with E-state index in [0.29, 0.717) is 5.92 Å². The highest BCUT2D eigenvalue weighted by Gasteiger charge is 2.27. The molecule has 116 valence electrons. The molecule has 0 saturated heterocycles. The second-order valence-electron chi connectivity index (χ2n) is 5.88. The smallest absolute Gasteiger partial charge is 0.407 e. The minimum atomic E-state index is -0.491. The molecule has 0 aromatic heterocycles. The van der Waals surface area contributed by atoms with Gasteiger partial charge < -0.3 is 15.2 Å². The van der Waals surface area contributed by atoms with Crippen LogP contribution in [-0.4, -0.2) is 23.3 Å². The SMILES string of the molecule is CC(NC(=O)OCc1ccccc1)C(O)C1CCCCC1. The van der Waals surface area contributed by atoms with E-state index >= 15 is 0 Å². The summed E-state index contributed by atoms with van der Waals surface area (Å²) in [5, 5.41) is 13.0. The van der Waals surface area contributed by atoms with Crippen LogP contribution in [0.25, 0.3) is 0 Å². The third kappa shape index (κ3) is 5.05. The molecule has 0 bridgehead atoms. The van der Waals surface area contributed by atoms with Crippen molar-refractivity contribution in [3.8, 4) is 0 Å². The molecule has 1 aromatic carbocycles. The zero-order valence-electron chi connectivity index (χ0n) is 12.6. The number of aliphatic hydroxyl groups is 1. The summed E-state index contributed by atoms with van der Waals surface area (Å²) in [5.41, 5.74) is 0.952. The number of aliphatic hydroxyl groups excluding tert-OH is 1. The summed E-state index contributed by atoms with van der Waals surface area (Å²) >= 11 is 0. The van der Waals surface area contributed by atoms with E-state index in [9.17, 15) is 9.90 Å². The van der Waals surface area contributed by atoms with Gasteiger partial charge in [0, 0.05) is 0 Å². The molecule has 2 rings (SSSR count). The quantitative estimate of drug-likeness (QED) is 0.875. The van der Waals surface area contributed by atoms with Gasteiger partial charge in [0.15, 0.2) is 0 Å². The highest BCUT2D eigenvalue weighted by atomic mass is 16.5. The third-order valence-corrected chi connectivity index (χ3v) is 4.20. The summed E-state index contributed by atoms with van der Waals surface area (Å²) in [5.74, 6) is 0.295. The molecule has 1 saturated carbocycles. The Labute approximate surface area is 126 Å². The summed E-state index contributed by atoms with van der Waals surface area (Å²) in [6.45, 7) is 2.09. The van der Waals surface area contributed by atoms with Crippen LogP contribution >= 0.6 is 0 Å². The average molecular weight is 291 g/mol. The number of rotatable bonds is 5. The summed E-state index contributed by atoms with van der Waals surface area (Å²) in [6.07, 6.45) is 4.73. The first-order chi connectivity index (χ1) is 10.2. The van der Waals surface area contributed by atoms with Crippen LogP contribution in [0.3, 0.4) is 0 Å². The summed E-state index contributed by atoms with van der Waals surface area (Å²) in [7, 11) is 0. The van der Waals surface area contributed by atoms with Gasteiger partial charge in [-0.05, 0) is 31.2 Å². The standard InChI is InChI=1S/C17H25NO3/c1-13(16(19)15-10-6-3-7-11-15)18-17(20)21-12-14-8-4-2-5-9-14/h2,4-5,8-9,13,15-16,19H,3,6-7,10-12H2,1H3,(H,18,20). The van der Waals surface area contributed by atoms with Crippen LogP contribution in [0.5, 0.6) is 0 Å². The van der Waals surface area contributed by atoms with Crippen molar-refractivity contribution >= 4 is 6.09 Å². The van der Waals surface area contributed by atoms with E-state index in [1.165, 1.54) is 19.3 Å². The Morgan fingerprint density at radius 3 is 2.62 bits per heavy atom. The van der Waals surface area contributed by atoms with Gasteiger partial charge in [0.1, 0.15) is 6.61 Å². The van der Waals surface area contributed by atoms with Gasteiger partial charge in [0.05, 0.1) is 12.1 Å².